The highest BCUT2D eigenvalue weighted by molar-refractivity contribution is 4.91. The van der Waals surface area contributed by atoms with E-state index in [-0.39, 0.29) is 23.9 Å². The lowest BCUT2D eigenvalue weighted by atomic mass is 9.94. The van der Waals surface area contributed by atoms with E-state index in [1.165, 1.54) is 0 Å². The van der Waals surface area contributed by atoms with Gasteiger partial charge >= 0.3 is 6.18 Å². The zero-order valence-electron chi connectivity index (χ0n) is 12.6. The second-order valence-corrected chi connectivity index (χ2v) is 6.13. The number of aliphatic hydroxyl groups is 1. The molecule has 0 radical (unpaired) electrons. The van der Waals surface area contributed by atoms with E-state index < -0.39 is 12.7 Å². The summed E-state index contributed by atoms with van der Waals surface area (Å²) in [4.78, 5) is 2.65. The van der Waals surface area contributed by atoms with Crippen molar-refractivity contribution in [2.24, 2.45) is 5.92 Å². The first kappa shape index (κ1) is 16.6. The van der Waals surface area contributed by atoms with Crippen molar-refractivity contribution in [3.05, 3.63) is 5.82 Å². The monoisotopic (exact) mass is 335 g/mol. The van der Waals surface area contributed by atoms with Crippen LogP contribution in [-0.2, 0) is 17.8 Å². The van der Waals surface area contributed by atoms with Crippen LogP contribution >= 0.6 is 0 Å². The van der Waals surface area contributed by atoms with Crippen LogP contribution in [-0.4, -0.2) is 68.3 Å². The number of ether oxygens (including phenoxy) is 1. The van der Waals surface area contributed by atoms with Gasteiger partial charge in [-0.25, -0.2) is 0 Å². The van der Waals surface area contributed by atoms with Gasteiger partial charge in [0, 0.05) is 18.5 Å². The molecule has 1 N–H and O–H groups in total. The normalized spacial score (nSPS) is 30.0. The standard InChI is InChI=1S/C13H20F3N5O2/c14-13(15,16)8-21-18-12(17-19-21)6-20-4-5-23-7-10(20)9-2-1-3-11(9)22/h9-11,22H,1-8H2. The molecular weight excluding hydrogens is 315 g/mol. The molecule has 7 nitrogen and oxygen atoms in total. The van der Waals surface area contributed by atoms with Gasteiger partial charge in [-0.15, -0.1) is 10.2 Å². The molecule has 0 aromatic carbocycles. The third-order valence-corrected chi connectivity index (χ3v) is 4.47. The smallest absolute Gasteiger partial charge is 0.393 e. The zero-order chi connectivity index (χ0) is 16.4. The molecule has 3 unspecified atom stereocenters. The molecule has 0 bridgehead atoms. The van der Waals surface area contributed by atoms with E-state index in [9.17, 15) is 18.3 Å². The van der Waals surface area contributed by atoms with Gasteiger partial charge in [0.2, 0.25) is 0 Å². The number of aliphatic hydroxyl groups excluding tert-OH is 1. The quantitative estimate of drug-likeness (QED) is 0.868. The molecule has 0 spiro atoms. The fraction of sp³-hybridized carbons (Fsp3) is 0.923. The average Bonchev–Trinajstić information content (AvgIpc) is 3.07. The van der Waals surface area contributed by atoms with Crippen molar-refractivity contribution in [2.45, 2.75) is 50.7 Å². The minimum Gasteiger partial charge on any atom is -0.393 e. The Morgan fingerprint density at radius 2 is 2.13 bits per heavy atom. The Morgan fingerprint density at radius 3 is 2.83 bits per heavy atom. The van der Waals surface area contributed by atoms with Crippen LogP contribution in [0.3, 0.4) is 0 Å². The van der Waals surface area contributed by atoms with Gasteiger partial charge in [0.1, 0.15) is 0 Å². The summed E-state index contributed by atoms with van der Waals surface area (Å²) in [5, 5.41) is 21.1. The van der Waals surface area contributed by atoms with Crippen molar-refractivity contribution in [1.29, 1.82) is 0 Å². The van der Waals surface area contributed by atoms with Crippen molar-refractivity contribution in [1.82, 2.24) is 25.1 Å². The topological polar surface area (TPSA) is 76.3 Å². The van der Waals surface area contributed by atoms with Gasteiger partial charge in [0.05, 0.1) is 25.9 Å². The predicted octanol–water partition coefficient (Wildman–Crippen LogP) is 0.597. The van der Waals surface area contributed by atoms with Crippen LogP contribution in [0, 0.1) is 5.92 Å². The molecule has 3 rings (SSSR count). The summed E-state index contributed by atoms with van der Waals surface area (Å²) < 4.78 is 42.5. The summed E-state index contributed by atoms with van der Waals surface area (Å²) in [6.07, 6.45) is -2.02. The van der Waals surface area contributed by atoms with E-state index in [4.69, 9.17) is 4.74 Å². The Kier molecular flexibility index (Phi) is 4.83. The number of rotatable bonds is 4. The van der Waals surface area contributed by atoms with Crippen LogP contribution in [0.1, 0.15) is 25.1 Å². The molecule has 1 aliphatic carbocycles. The van der Waals surface area contributed by atoms with E-state index in [0.717, 1.165) is 19.3 Å². The largest absolute Gasteiger partial charge is 0.409 e. The molecule has 0 amide bonds. The maximum Gasteiger partial charge on any atom is 0.409 e. The summed E-state index contributed by atoms with van der Waals surface area (Å²) >= 11 is 0. The number of nitrogens with zero attached hydrogens (tertiary/aromatic N) is 5. The van der Waals surface area contributed by atoms with Crippen molar-refractivity contribution in [2.75, 3.05) is 19.8 Å². The summed E-state index contributed by atoms with van der Waals surface area (Å²) in [5.41, 5.74) is 0. The molecule has 2 heterocycles. The minimum absolute atomic E-state index is 0.0378. The minimum atomic E-state index is -4.37. The molecule has 1 aromatic heterocycles. The number of aromatic nitrogens is 4. The third kappa shape index (κ3) is 4.18. The highest BCUT2D eigenvalue weighted by atomic mass is 19.4. The first-order valence-corrected chi connectivity index (χ1v) is 7.76. The van der Waals surface area contributed by atoms with Crippen LogP contribution in [0.4, 0.5) is 13.2 Å². The van der Waals surface area contributed by atoms with Crippen molar-refractivity contribution in [3.8, 4) is 0 Å². The van der Waals surface area contributed by atoms with Crippen LogP contribution in [0.2, 0.25) is 0 Å². The van der Waals surface area contributed by atoms with Crippen LogP contribution in [0.15, 0.2) is 0 Å². The van der Waals surface area contributed by atoms with E-state index in [2.05, 4.69) is 20.3 Å². The van der Waals surface area contributed by atoms with Gasteiger partial charge in [-0.1, -0.05) is 6.42 Å². The van der Waals surface area contributed by atoms with Gasteiger partial charge in [-0.3, -0.25) is 4.90 Å². The highest BCUT2D eigenvalue weighted by Gasteiger charge is 2.38. The molecule has 1 aliphatic heterocycles. The number of hydrogen-bond acceptors (Lipinski definition) is 6. The first-order chi connectivity index (χ1) is 10.9. The predicted molar refractivity (Wildman–Crippen MR) is 72.2 cm³/mol. The second kappa shape index (κ2) is 6.70. The van der Waals surface area contributed by atoms with Gasteiger partial charge in [0.25, 0.3) is 0 Å². The third-order valence-electron chi connectivity index (χ3n) is 4.47. The highest BCUT2D eigenvalue weighted by Crippen LogP contribution is 2.32. The molecule has 23 heavy (non-hydrogen) atoms. The Labute approximate surface area is 131 Å². The number of morpholine rings is 1. The second-order valence-electron chi connectivity index (χ2n) is 6.13. The van der Waals surface area contributed by atoms with Gasteiger partial charge < -0.3 is 9.84 Å². The molecule has 3 atom stereocenters. The number of tetrazole rings is 1. The molecule has 1 aromatic rings. The summed E-state index contributed by atoms with van der Waals surface area (Å²) in [6.45, 7) is 0.777. The van der Waals surface area contributed by atoms with Crippen LogP contribution < -0.4 is 0 Å². The van der Waals surface area contributed by atoms with Crippen LogP contribution in [0.5, 0.6) is 0 Å². The molecule has 1 saturated heterocycles. The molecule has 2 aliphatic rings. The Hall–Kier alpha value is -1.26. The van der Waals surface area contributed by atoms with E-state index >= 15 is 0 Å². The Balaban J connectivity index is 1.65. The lowest BCUT2D eigenvalue weighted by Crippen LogP contribution is -2.50. The maximum absolute atomic E-state index is 12.3. The first-order valence-electron chi connectivity index (χ1n) is 7.76. The number of alkyl halides is 3. The maximum atomic E-state index is 12.3. The summed E-state index contributed by atoms with van der Waals surface area (Å²) in [6, 6.07) is 0.0378. The van der Waals surface area contributed by atoms with Crippen molar-refractivity contribution in [3.63, 3.8) is 0 Å². The fourth-order valence-corrected chi connectivity index (χ4v) is 3.41. The van der Waals surface area contributed by atoms with E-state index in [1.807, 2.05) is 0 Å². The lowest BCUT2D eigenvalue weighted by molar-refractivity contribution is -0.145. The molecular formula is C13H20F3N5O2. The fourth-order valence-electron chi connectivity index (χ4n) is 3.41. The van der Waals surface area contributed by atoms with Gasteiger partial charge in [-0.2, -0.15) is 18.0 Å². The van der Waals surface area contributed by atoms with Gasteiger partial charge in [0.15, 0.2) is 12.4 Å². The molecule has 10 heteroatoms. The SMILES string of the molecule is OC1CCCC1C1COCCN1Cc1nnn(CC(F)(F)F)n1. The van der Waals surface area contributed by atoms with Crippen molar-refractivity contribution >= 4 is 0 Å². The summed E-state index contributed by atoms with van der Waals surface area (Å²) in [7, 11) is 0. The molecule has 2 fully saturated rings. The van der Waals surface area contributed by atoms with E-state index in [0.29, 0.717) is 31.1 Å². The van der Waals surface area contributed by atoms with Gasteiger partial charge in [-0.05, 0) is 18.1 Å². The number of hydrogen-bond donors (Lipinski definition) is 1. The molecule has 130 valence electrons. The summed E-state index contributed by atoms with van der Waals surface area (Å²) in [5.74, 6) is 0.383. The van der Waals surface area contributed by atoms with E-state index in [1.54, 1.807) is 0 Å². The average molecular weight is 335 g/mol. The number of halogens is 3. The Bertz CT molecular complexity index is 524. The van der Waals surface area contributed by atoms with Crippen LogP contribution in [0.25, 0.3) is 0 Å². The van der Waals surface area contributed by atoms with Crippen molar-refractivity contribution < 1.29 is 23.0 Å². The Morgan fingerprint density at radius 1 is 1.30 bits per heavy atom. The lowest BCUT2D eigenvalue weighted by Gasteiger charge is -2.39. The zero-order valence-corrected chi connectivity index (χ0v) is 12.6. The molecule has 1 saturated carbocycles.